The molecule has 0 aromatic heterocycles. The van der Waals surface area contributed by atoms with Crippen LogP contribution in [0.25, 0.3) is 0 Å². The molecule has 0 spiro atoms. The van der Waals surface area contributed by atoms with E-state index in [2.05, 4.69) is 5.32 Å². The van der Waals surface area contributed by atoms with Crippen LogP contribution >= 0.6 is 0 Å². The van der Waals surface area contributed by atoms with Gasteiger partial charge in [0.1, 0.15) is 0 Å². The monoisotopic (exact) mass is 170 g/mol. The van der Waals surface area contributed by atoms with E-state index in [1.54, 1.807) is 6.92 Å². The third kappa shape index (κ3) is 5.42. The zero-order chi connectivity index (χ0) is 9.40. The van der Waals surface area contributed by atoms with Crippen molar-refractivity contribution < 1.29 is 9.18 Å². The van der Waals surface area contributed by atoms with Gasteiger partial charge in [-0.05, 0) is 13.0 Å². The normalized spacial score (nSPS) is 12.4. The average molecular weight is 170 g/mol. The van der Waals surface area contributed by atoms with Crippen molar-refractivity contribution in [1.82, 2.24) is 5.32 Å². The van der Waals surface area contributed by atoms with Crippen molar-refractivity contribution in [2.45, 2.75) is 19.4 Å². The molecule has 0 aromatic rings. The number of nitrogens with one attached hydrogen (secondary N) is 1. The maximum Gasteiger partial charge on any atom is 0.188 e. The standard InChI is InChI=1S/C8H11FN2O/c1-7(2-4-10)11-5-3-8(12)6-9/h3,5,7,11H,2,6H2,1H3. The number of ketones is 1. The molecule has 0 saturated carbocycles. The third-order valence-electron chi connectivity index (χ3n) is 1.18. The number of nitrogens with zero attached hydrogens (tertiary/aromatic N) is 1. The van der Waals surface area contributed by atoms with Crippen molar-refractivity contribution >= 4 is 5.78 Å². The largest absolute Gasteiger partial charge is 0.387 e. The topological polar surface area (TPSA) is 52.9 Å². The fourth-order valence-electron chi connectivity index (χ4n) is 0.546. The summed E-state index contributed by atoms with van der Waals surface area (Å²) in [5.41, 5.74) is 0. The molecule has 0 amide bonds. The third-order valence-corrected chi connectivity index (χ3v) is 1.18. The van der Waals surface area contributed by atoms with Crippen molar-refractivity contribution in [2.75, 3.05) is 6.67 Å². The lowest BCUT2D eigenvalue weighted by atomic mass is 10.2. The fourth-order valence-corrected chi connectivity index (χ4v) is 0.546. The Balaban J connectivity index is 3.61. The Bertz CT molecular complexity index is 208. The van der Waals surface area contributed by atoms with Gasteiger partial charge in [-0.3, -0.25) is 4.79 Å². The molecule has 12 heavy (non-hydrogen) atoms. The first-order valence-corrected chi connectivity index (χ1v) is 3.59. The van der Waals surface area contributed by atoms with Crippen LogP contribution in [-0.4, -0.2) is 18.5 Å². The molecule has 0 radical (unpaired) electrons. The van der Waals surface area contributed by atoms with E-state index in [0.29, 0.717) is 6.42 Å². The molecule has 1 N–H and O–H groups in total. The number of rotatable bonds is 5. The second kappa shape index (κ2) is 6.35. The minimum atomic E-state index is -0.981. The molecule has 0 aliphatic rings. The van der Waals surface area contributed by atoms with Crippen LogP contribution in [0.4, 0.5) is 4.39 Å². The Morgan fingerprint density at radius 1 is 1.83 bits per heavy atom. The number of alkyl halides is 1. The van der Waals surface area contributed by atoms with Gasteiger partial charge < -0.3 is 5.32 Å². The minimum absolute atomic E-state index is 0.0151. The van der Waals surface area contributed by atoms with E-state index in [1.165, 1.54) is 6.20 Å². The van der Waals surface area contributed by atoms with Crippen molar-refractivity contribution in [2.24, 2.45) is 0 Å². The van der Waals surface area contributed by atoms with E-state index in [-0.39, 0.29) is 6.04 Å². The average Bonchev–Trinajstić information content (AvgIpc) is 2.04. The van der Waals surface area contributed by atoms with Gasteiger partial charge in [0, 0.05) is 12.2 Å². The number of nitriles is 1. The van der Waals surface area contributed by atoms with Gasteiger partial charge >= 0.3 is 0 Å². The van der Waals surface area contributed by atoms with Crippen molar-refractivity contribution in [3.63, 3.8) is 0 Å². The molecule has 3 nitrogen and oxygen atoms in total. The molecule has 0 aliphatic heterocycles. The van der Waals surface area contributed by atoms with Gasteiger partial charge in [-0.1, -0.05) is 0 Å². The Labute approximate surface area is 70.9 Å². The maximum absolute atomic E-state index is 11.6. The highest BCUT2D eigenvalue weighted by Gasteiger charge is 1.96. The zero-order valence-corrected chi connectivity index (χ0v) is 6.88. The molecule has 0 aliphatic carbocycles. The molecule has 0 bridgehead atoms. The van der Waals surface area contributed by atoms with Crippen LogP contribution in [0.2, 0.25) is 0 Å². The van der Waals surface area contributed by atoms with E-state index in [0.717, 1.165) is 6.08 Å². The molecule has 66 valence electrons. The summed E-state index contributed by atoms with van der Waals surface area (Å²) in [7, 11) is 0. The summed E-state index contributed by atoms with van der Waals surface area (Å²) in [6.07, 6.45) is 2.84. The number of carbonyl (C=O) groups excluding carboxylic acids is 1. The summed E-state index contributed by atoms with van der Waals surface area (Å²) in [5.74, 6) is -0.577. The molecule has 0 fully saturated rings. The first-order valence-electron chi connectivity index (χ1n) is 3.59. The summed E-state index contributed by atoms with van der Waals surface area (Å²) < 4.78 is 11.6. The predicted molar refractivity (Wildman–Crippen MR) is 42.9 cm³/mol. The molecule has 1 atom stereocenters. The van der Waals surface area contributed by atoms with Crippen LogP contribution < -0.4 is 5.32 Å². The second-order valence-corrected chi connectivity index (χ2v) is 2.36. The van der Waals surface area contributed by atoms with Crippen LogP contribution in [-0.2, 0) is 4.79 Å². The van der Waals surface area contributed by atoms with Crippen LogP contribution in [0.5, 0.6) is 0 Å². The van der Waals surface area contributed by atoms with E-state index in [4.69, 9.17) is 5.26 Å². The van der Waals surface area contributed by atoms with Crippen molar-refractivity contribution in [1.29, 1.82) is 5.26 Å². The van der Waals surface area contributed by atoms with Gasteiger partial charge in [0.15, 0.2) is 12.5 Å². The smallest absolute Gasteiger partial charge is 0.188 e. The van der Waals surface area contributed by atoms with Gasteiger partial charge in [-0.25, -0.2) is 4.39 Å². The van der Waals surface area contributed by atoms with Gasteiger partial charge in [0.25, 0.3) is 0 Å². The number of hydrogen-bond donors (Lipinski definition) is 1. The second-order valence-electron chi connectivity index (χ2n) is 2.36. The molecular formula is C8H11FN2O. The van der Waals surface area contributed by atoms with Crippen LogP contribution in [0, 0.1) is 11.3 Å². The number of halogens is 1. The maximum atomic E-state index is 11.6. The lowest BCUT2D eigenvalue weighted by molar-refractivity contribution is -0.115. The highest BCUT2D eigenvalue weighted by Crippen LogP contribution is 1.87. The summed E-state index contributed by atoms with van der Waals surface area (Å²) in [4.78, 5) is 10.4. The fraction of sp³-hybridized carbons (Fsp3) is 0.500. The lowest BCUT2D eigenvalue weighted by Gasteiger charge is -2.04. The highest BCUT2D eigenvalue weighted by atomic mass is 19.1. The molecular weight excluding hydrogens is 159 g/mol. The Morgan fingerprint density at radius 2 is 2.50 bits per heavy atom. The van der Waals surface area contributed by atoms with E-state index in [9.17, 15) is 9.18 Å². The van der Waals surface area contributed by atoms with Gasteiger partial charge in [-0.15, -0.1) is 0 Å². The lowest BCUT2D eigenvalue weighted by Crippen LogP contribution is -2.19. The van der Waals surface area contributed by atoms with Crippen molar-refractivity contribution in [3.8, 4) is 6.07 Å². The Morgan fingerprint density at radius 3 is 3.00 bits per heavy atom. The zero-order valence-electron chi connectivity index (χ0n) is 6.88. The van der Waals surface area contributed by atoms with E-state index in [1.807, 2.05) is 6.07 Å². The Kier molecular flexibility index (Phi) is 5.62. The SMILES string of the molecule is CC(CC#N)NC=CC(=O)CF. The van der Waals surface area contributed by atoms with Crippen LogP contribution in [0.1, 0.15) is 13.3 Å². The molecule has 4 heteroatoms. The predicted octanol–water partition coefficient (Wildman–Crippen LogP) is 0.930. The first kappa shape index (κ1) is 10.6. The number of carbonyl (C=O) groups is 1. The first-order chi connectivity index (χ1) is 5.70. The van der Waals surface area contributed by atoms with Crippen LogP contribution in [0.3, 0.4) is 0 Å². The van der Waals surface area contributed by atoms with Gasteiger partial charge in [0.2, 0.25) is 0 Å². The summed E-state index contributed by atoms with van der Waals surface area (Å²) in [6, 6.07) is 1.95. The quantitative estimate of drug-likeness (QED) is 0.624. The molecule has 0 aromatic carbocycles. The van der Waals surface area contributed by atoms with Gasteiger partial charge in [-0.2, -0.15) is 5.26 Å². The summed E-state index contributed by atoms with van der Waals surface area (Å²) in [5, 5.41) is 11.0. The van der Waals surface area contributed by atoms with Gasteiger partial charge in [0.05, 0.1) is 12.5 Å². The molecule has 1 unspecified atom stereocenters. The van der Waals surface area contributed by atoms with E-state index >= 15 is 0 Å². The van der Waals surface area contributed by atoms with E-state index < -0.39 is 12.5 Å². The highest BCUT2D eigenvalue weighted by molar-refractivity contribution is 5.90. The molecule has 0 rings (SSSR count). The van der Waals surface area contributed by atoms with Crippen LogP contribution in [0.15, 0.2) is 12.3 Å². The minimum Gasteiger partial charge on any atom is -0.387 e. The molecule has 0 heterocycles. The Hall–Kier alpha value is -1.37. The van der Waals surface area contributed by atoms with Crippen molar-refractivity contribution in [3.05, 3.63) is 12.3 Å². The number of allylic oxidation sites excluding steroid dienone is 1. The number of hydrogen-bond acceptors (Lipinski definition) is 3. The summed E-state index contributed by atoms with van der Waals surface area (Å²) in [6.45, 7) is 0.818. The summed E-state index contributed by atoms with van der Waals surface area (Å²) >= 11 is 0. The molecule has 0 saturated heterocycles.